The third-order valence-electron chi connectivity index (χ3n) is 5.01. The number of nitrogens with one attached hydrogen (secondary N) is 2. The second kappa shape index (κ2) is 6.22. The molecule has 1 aliphatic rings. The molecule has 1 fully saturated rings. The molecule has 5 heteroatoms. The van der Waals surface area contributed by atoms with E-state index in [1.807, 2.05) is 0 Å². The minimum atomic E-state index is 0.295. The van der Waals surface area contributed by atoms with Crippen LogP contribution in [0.5, 0.6) is 0 Å². The Bertz CT molecular complexity index is 656. The van der Waals surface area contributed by atoms with E-state index in [4.69, 9.17) is 4.98 Å². The highest BCUT2D eigenvalue weighted by Gasteiger charge is 2.36. The predicted octanol–water partition coefficient (Wildman–Crippen LogP) is 2.71. The van der Waals surface area contributed by atoms with Crippen LogP contribution < -0.4 is 5.32 Å². The molecule has 0 spiro atoms. The number of aryl methyl sites for hydroxylation is 2. The highest BCUT2D eigenvalue weighted by atomic mass is 32.2. The quantitative estimate of drug-likeness (QED) is 0.890. The van der Waals surface area contributed by atoms with Gasteiger partial charge in [0.2, 0.25) is 0 Å². The van der Waals surface area contributed by atoms with Crippen LogP contribution in [-0.2, 0) is 6.54 Å². The zero-order valence-electron chi connectivity index (χ0n) is 14.0. The Balaban J connectivity index is 1.68. The van der Waals surface area contributed by atoms with Gasteiger partial charge in [0.05, 0.1) is 17.6 Å². The molecule has 120 valence electrons. The number of thioether (sulfide) groups is 1. The van der Waals surface area contributed by atoms with Crippen molar-refractivity contribution in [3.8, 4) is 0 Å². The highest BCUT2D eigenvalue weighted by Crippen LogP contribution is 2.31. The van der Waals surface area contributed by atoms with Crippen molar-refractivity contribution in [2.24, 2.45) is 0 Å². The molecule has 4 nitrogen and oxygen atoms in total. The van der Waals surface area contributed by atoms with E-state index < -0.39 is 0 Å². The molecule has 0 aliphatic carbocycles. The third kappa shape index (κ3) is 2.90. The number of fused-ring (bicyclic) bond motifs is 1. The molecule has 0 saturated carbocycles. The molecule has 2 aromatic rings. The van der Waals surface area contributed by atoms with Crippen molar-refractivity contribution >= 4 is 22.8 Å². The van der Waals surface area contributed by atoms with Gasteiger partial charge in [0.15, 0.2) is 0 Å². The lowest BCUT2D eigenvalue weighted by molar-refractivity contribution is 0.175. The standard InChI is InChI=1S/C17H26N4S/c1-12-5-6-14-16(13(12)2)20-15(19-14)9-18-10-17(21(3)4)7-8-22-11-17/h5-6,18H,7-11H2,1-4H3,(H,19,20). The minimum Gasteiger partial charge on any atom is -0.341 e. The van der Waals surface area contributed by atoms with Gasteiger partial charge in [-0.1, -0.05) is 6.07 Å². The fourth-order valence-corrected chi connectivity index (χ4v) is 4.66. The van der Waals surface area contributed by atoms with Crippen LogP contribution in [0.25, 0.3) is 11.0 Å². The van der Waals surface area contributed by atoms with Crippen molar-refractivity contribution in [1.29, 1.82) is 0 Å². The zero-order valence-corrected chi connectivity index (χ0v) is 14.8. The summed E-state index contributed by atoms with van der Waals surface area (Å²) in [4.78, 5) is 10.6. The van der Waals surface area contributed by atoms with Crippen molar-refractivity contribution in [1.82, 2.24) is 20.2 Å². The average Bonchev–Trinajstić information content (AvgIpc) is 3.11. The lowest BCUT2D eigenvalue weighted by Gasteiger charge is -2.35. The number of imidazole rings is 1. The topological polar surface area (TPSA) is 44.0 Å². The second-order valence-electron chi connectivity index (χ2n) is 6.61. The average molecular weight is 318 g/mol. The largest absolute Gasteiger partial charge is 0.341 e. The number of likely N-dealkylation sites (N-methyl/N-ethyl adjacent to an activating group) is 1. The van der Waals surface area contributed by atoms with Crippen LogP contribution >= 0.6 is 11.8 Å². The van der Waals surface area contributed by atoms with Crippen molar-refractivity contribution < 1.29 is 0 Å². The monoisotopic (exact) mass is 318 g/mol. The summed E-state index contributed by atoms with van der Waals surface area (Å²) in [6, 6.07) is 4.28. The Morgan fingerprint density at radius 1 is 1.36 bits per heavy atom. The number of hydrogen-bond donors (Lipinski definition) is 2. The second-order valence-corrected chi connectivity index (χ2v) is 7.72. The van der Waals surface area contributed by atoms with Crippen molar-refractivity contribution in [3.63, 3.8) is 0 Å². The smallest absolute Gasteiger partial charge is 0.121 e. The van der Waals surface area contributed by atoms with Crippen LogP contribution in [0.3, 0.4) is 0 Å². The first-order chi connectivity index (χ1) is 10.5. The fraction of sp³-hybridized carbons (Fsp3) is 0.588. The van der Waals surface area contributed by atoms with E-state index in [0.29, 0.717) is 5.54 Å². The molecular weight excluding hydrogens is 292 g/mol. The van der Waals surface area contributed by atoms with Gasteiger partial charge in [0, 0.05) is 17.8 Å². The lowest BCUT2D eigenvalue weighted by Crippen LogP contribution is -2.51. The Hall–Kier alpha value is -1.04. The Labute approximate surface area is 137 Å². The predicted molar refractivity (Wildman–Crippen MR) is 95.6 cm³/mol. The van der Waals surface area contributed by atoms with Gasteiger partial charge >= 0.3 is 0 Å². The van der Waals surface area contributed by atoms with E-state index in [9.17, 15) is 0 Å². The SMILES string of the molecule is Cc1ccc2[nH]c(CNCC3(N(C)C)CCSC3)nc2c1C. The van der Waals surface area contributed by atoms with Gasteiger partial charge in [-0.2, -0.15) is 11.8 Å². The van der Waals surface area contributed by atoms with Crippen LogP contribution in [0.4, 0.5) is 0 Å². The molecule has 0 amide bonds. The fourth-order valence-electron chi connectivity index (χ4n) is 3.11. The van der Waals surface area contributed by atoms with Gasteiger partial charge in [-0.05, 0) is 57.3 Å². The molecule has 0 radical (unpaired) electrons. The molecule has 2 heterocycles. The summed E-state index contributed by atoms with van der Waals surface area (Å²) in [5.74, 6) is 3.51. The lowest BCUT2D eigenvalue weighted by atomic mass is 9.97. The van der Waals surface area contributed by atoms with Gasteiger partial charge in [-0.3, -0.25) is 0 Å². The molecule has 1 aliphatic heterocycles. The van der Waals surface area contributed by atoms with Crippen LogP contribution in [0.2, 0.25) is 0 Å². The van der Waals surface area contributed by atoms with Gasteiger partial charge in [0.25, 0.3) is 0 Å². The highest BCUT2D eigenvalue weighted by molar-refractivity contribution is 7.99. The molecule has 22 heavy (non-hydrogen) atoms. The maximum Gasteiger partial charge on any atom is 0.121 e. The van der Waals surface area contributed by atoms with E-state index in [1.165, 1.54) is 29.1 Å². The van der Waals surface area contributed by atoms with Crippen LogP contribution in [-0.4, -0.2) is 52.6 Å². The summed E-state index contributed by atoms with van der Waals surface area (Å²) in [6.07, 6.45) is 1.26. The molecule has 1 saturated heterocycles. The van der Waals surface area contributed by atoms with E-state index in [-0.39, 0.29) is 0 Å². The number of hydrogen-bond acceptors (Lipinski definition) is 4. The summed E-state index contributed by atoms with van der Waals surface area (Å²) >= 11 is 2.06. The molecular formula is C17H26N4S. The summed E-state index contributed by atoms with van der Waals surface area (Å²) in [5, 5.41) is 3.61. The van der Waals surface area contributed by atoms with Gasteiger partial charge < -0.3 is 15.2 Å². The molecule has 0 bridgehead atoms. The van der Waals surface area contributed by atoms with Crippen molar-refractivity contribution in [3.05, 3.63) is 29.1 Å². The van der Waals surface area contributed by atoms with Gasteiger partial charge in [-0.15, -0.1) is 0 Å². The van der Waals surface area contributed by atoms with E-state index >= 15 is 0 Å². The van der Waals surface area contributed by atoms with Crippen molar-refractivity contribution in [2.45, 2.75) is 32.4 Å². The Kier molecular flexibility index (Phi) is 4.48. The van der Waals surface area contributed by atoms with Gasteiger partial charge in [-0.25, -0.2) is 4.98 Å². The molecule has 1 aromatic heterocycles. The third-order valence-corrected chi connectivity index (χ3v) is 6.24. The first-order valence-electron chi connectivity index (χ1n) is 7.92. The normalized spacial score (nSPS) is 22.0. The maximum atomic E-state index is 4.77. The summed E-state index contributed by atoms with van der Waals surface area (Å²) < 4.78 is 0. The maximum absolute atomic E-state index is 4.77. The minimum absolute atomic E-state index is 0.295. The summed E-state index contributed by atoms with van der Waals surface area (Å²) in [7, 11) is 4.39. The van der Waals surface area contributed by atoms with Crippen LogP contribution in [0.1, 0.15) is 23.4 Å². The first-order valence-corrected chi connectivity index (χ1v) is 9.08. The molecule has 1 unspecified atom stereocenters. The van der Waals surface area contributed by atoms with Gasteiger partial charge in [0.1, 0.15) is 5.82 Å². The number of H-pyrrole nitrogens is 1. The summed E-state index contributed by atoms with van der Waals surface area (Å²) in [5.41, 5.74) is 5.11. The van der Waals surface area contributed by atoms with Crippen molar-refractivity contribution in [2.75, 3.05) is 32.1 Å². The van der Waals surface area contributed by atoms with E-state index in [1.54, 1.807) is 0 Å². The number of aromatic amines is 1. The van der Waals surface area contributed by atoms with E-state index in [0.717, 1.165) is 29.9 Å². The molecule has 3 rings (SSSR count). The van der Waals surface area contributed by atoms with E-state index in [2.05, 4.69) is 67.0 Å². The number of benzene rings is 1. The number of aromatic nitrogens is 2. The Morgan fingerprint density at radius 3 is 2.86 bits per heavy atom. The Morgan fingerprint density at radius 2 is 2.18 bits per heavy atom. The molecule has 1 atom stereocenters. The van der Waals surface area contributed by atoms with Crippen LogP contribution in [0.15, 0.2) is 12.1 Å². The number of nitrogens with zero attached hydrogens (tertiary/aromatic N) is 2. The molecule has 1 aromatic carbocycles. The van der Waals surface area contributed by atoms with Crippen LogP contribution in [0, 0.1) is 13.8 Å². The first kappa shape index (κ1) is 15.8. The number of rotatable bonds is 5. The zero-order chi connectivity index (χ0) is 15.7. The summed E-state index contributed by atoms with van der Waals surface area (Å²) in [6.45, 7) is 6.10. The molecule has 2 N–H and O–H groups in total.